The molecule has 19 heavy (non-hydrogen) atoms. The van der Waals surface area contributed by atoms with Crippen molar-refractivity contribution in [3.05, 3.63) is 35.6 Å². The van der Waals surface area contributed by atoms with Gasteiger partial charge in [0.05, 0.1) is 0 Å². The number of nitrogens with one attached hydrogen (secondary N) is 1. The Balaban J connectivity index is 1.85. The topological polar surface area (TPSA) is 12.0 Å². The molecule has 0 aromatic heterocycles. The molecule has 0 bridgehead atoms. The van der Waals surface area contributed by atoms with E-state index in [2.05, 4.69) is 26.1 Å². The zero-order valence-electron chi connectivity index (χ0n) is 12.3. The van der Waals surface area contributed by atoms with E-state index in [0.717, 1.165) is 23.8 Å². The van der Waals surface area contributed by atoms with Crippen molar-refractivity contribution in [2.24, 2.45) is 11.8 Å². The third-order valence-electron chi connectivity index (χ3n) is 4.36. The van der Waals surface area contributed by atoms with Crippen molar-refractivity contribution in [3.8, 4) is 0 Å². The van der Waals surface area contributed by atoms with E-state index in [0.29, 0.717) is 12.1 Å². The van der Waals surface area contributed by atoms with Crippen LogP contribution in [0.25, 0.3) is 0 Å². The number of hydrogen-bond donors (Lipinski definition) is 1. The van der Waals surface area contributed by atoms with Crippen LogP contribution in [0.1, 0.15) is 45.6 Å². The minimum Gasteiger partial charge on any atom is -0.311 e. The molecule has 0 radical (unpaired) electrons. The van der Waals surface area contributed by atoms with Crippen LogP contribution in [0.3, 0.4) is 0 Å². The van der Waals surface area contributed by atoms with Crippen LogP contribution in [0.2, 0.25) is 0 Å². The molecule has 1 N–H and O–H groups in total. The van der Waals surface area contributed by atoms with Crippen molar-refractivity contribution < 1.29 is 4.39 Å². The van der Waals surface area contributed by atoms with E-state index in [1.54, 1.807) is 12.1 Å². The molecule has 0 saturated heterocycles. The number of halogens is 1. The lowest BCUT2D eigenvalue weighted by Gasteiger charge is -2.35. The van der Waals surface area contributed by atoms with Crippen molar-refractivity contribution in [2.75, 3.05) is 0 Å². The molecule has 1 aliphatic carbocycles. The van der Waals surface area contributed by atoms with Crippen LogP contribution < -0.4 is 5.32 Å². The van der Waals surface area contributed by atoms with Gasteiger partial charge in [0, 0.05) is 12.1 Å². The molecule has 1 aromatic rings. The highest BCUT2D eigenvalue weighted by atomic mass is 19.1. The van der Waals surface area contributed by atoms with Gasteiger partial charge in [0.25, 0.3) is 0 Å². The summed E-state index contributed by atoms with van der Waals surface area (Å²) in [5.41, 5.74) is 1.08. The molecule has 1 aromatic carbocycles. The largest absolute Gasteiger partial charge is 0.311 e. The minimum atomic E-state index is -0.135. The molecule has 2 heteroatoms. The Morgan fingerprint density at radius 2 is 2.11 bits per heavy atom. The van der Waals surface area contributed by atoms with E-state index in [-0.39, 0.29) is 5.82 Å². The lowest BCUT2D eigenvalue weighted by molar-refractivity contribution is 0.215. The van der Waals surface area contributed by atoms with Crippen molar-refractivity contribution in [2.45, 2.75) is 58.5 Å². The average molecular weight is 263 g/mol. The van der Waals surface area contributed by atoms with Gasteiger partial charge in [-0.15, -0.1) is 0 Å². The fourth-order valence-corrected chi connectivity index (χ4v) is 3.35. The molecular formula is C17H26FN. The first-order chi connectivity index (χ1) is 9.04. The lowest BCUT2D eigenvalue weighted by atomic mass is 9.79. The van der Waals surface area contributed by atoms with Gasteiger partial charge >= 0.3 is 0 Å². The van der Waals surface area contributed by atoms with E-state index < -0.39 is 0 Å². The van der Waals surface area contributed by atoms with Crippen LogP contribution in [0, 0.1) is 17.7 Å². The fourth-order valence-electron chi connectivity index (χ4n) is 3.35. The molecule has 4 unspecified atom stereocenters. The predicted molar refractivity (Wildman–Crippen MR) is 78.7 cm³/mol. The molecule has 0 amide bonds. The minimum absolute atomic E-state index is 0.135. The summed E-state index contributed by atoms with van der Waals surface area (Å²) in [6, 6.07) is 7.98. The molecule has 1 fully saturated rings. The van der Waals surface area contributed by atoms with E-state index in [4.69, 9.17) is 0 Å². The molecule has 106 valence electrons. The summed E-state index contributed by atoms with van der Waals surface area (Å²) in [5.74, 6) is 1.48. The molecule has 4 atom stereocenters. The summed E-state index contributed by atoms with van der Waals surface area (Å²) in [7, 11) is 0. The number of benzene rings is 1. The first-order valence-electron chi connectivity index (χ1n) is 7.55. The van der Waals surface area contributed by atoms with E-state index >= 15 is 0 Å². The first-order valence-corrected chi connectivity index (χ1v) is 7.55. The van der Waals surface area contributed by atoms with Gasteiger partial charge in [-0.25, -0.2) is 4.39 Å². The van der Waals surface area contributed by atoms with Gasteiger partial charge in [0.1, 0.15) is 5.82 Å². The fraction of sp³-hybridized carbons (Fsp3) is 0.647. The molecule has 1 aliphatic rings. The van der Waals surface area contributed by atoms with Crippen LogP contribution in [0.15, 0.2) is 24.3 Å². The molecule has 2 rings (SSSR count). The highest BCUT2D eigenvalue weighted by Gasteiger charge is 2.25. The Morgan fingerprint density at radius 1 is 1.32 bits per heavy atom. The van der Waals surface area contributed by atoms with E-state index in [1.165, 1.54) is 25.3 Å². The second-order valence-corrected chi connectivity index (χ2v) is 6.40. The van der Waals surface area contributed by atoms with Crippen LogP contribution in [-0.4, -0.2) is 12.1 Å². The Morgan fingerprint density at radius 3 is 2.79 bits per heavy atom. The van der Waals surface area contributed by atoms with E-state index in [9.17, 15) is 4.39 Å². The molecule has 1 saturated carbocycles. The predicted octanol–water partition coefficient (Wildman–Crippen LogP) is 4.17. The smallest absolute Gasteiger partial charge is 0.123 e. The standard InChI is InChI=1S/C17H26FN/c1-12-7-8-17(13(2)9-12)19-14(3)10-15-5-4-6-16(18)11-15/h4-6,11-14,17,19H,7-10H2,1-3H3. The summed E-state index contributed by atoms with van der Waals surface area (Å²) in [4.78, 5) is 0. The van der Waals surface area contributed by atoms with Gasteiger partial charge in [-0.2, -0.15) is 0 Å². The quantitative estimate of drug-likeness (QED) is 0.859. The van der Waals surface area contributed by atoms with Crippen LogP contribution >= 0.6 is 0 Å². The van der Waals surface area contributed by atoms with Crippen LogP contribution in [0.5, 0.6) is 0 Å². The van der Waals surface area contributed by atoms with Gasteiger partial charge in [-0.1, -0.05) is 26.0 Å². The summed E-state index contributed by atoms with van der Waals surface area (Å²) < 4.78 is 13.2. The molecule has 0 spiro atoms. The van der Waals surface area contributed by atoms with Gasteiger partial charge < -0.3 is 5.32 Å². The van der Waals surface area contributed by atoms with Gasteiger partial charge in [0.15, 0.2) is 0 Å². The number of hydrogen-bond acceptors (Lipinski definition) is 1. The Hall–Kier alpha value is -0.890. The lowest BCUT2D eigenvalue weighted by Crippen LogP contribution is -2.44. The molecule has 0 heterocycles. The second-order valence-electron chi connectivity index (χ2n) is 6.40. The van der Waals surface area contributed by atoms with Gasteiger partial charge in [-0.05, 0) is 62.1 Å². The van der Waals surface area contributed by atoms with Gasteiger partial charge in [-0.3, -0.25) is 0 Å². The van der Waals surface area contributed by atoms with Crippen molar-refractivity contribution in [3.63, 3.8) is 0 Å². The first kappa shape index (κ1) is 14.5. The van der Waals surface area contributed by atoms with E-state index in [1.807, 2.05) is 6.07 Å². The maximum atomic E-state index is 13.2. The monoisotopic (exact) mass is 263 g/mol. The summed E-state index contributed by atoms with van der Waals surface area (Å²) >= 11 is 0. The normalized spacial score (nSPS) is 29.2. The molecule has 1 nitrogen and oxygen atoms in total. The SMILES string of the molecule is CC1CCC(NC(C)Cc2cccc(F)c2)C(C)C1. The maximum absolute atomic E-state index is 13.2. The highest BCUT2D eigenvalue weighted by Crippen LogP contribution is 2.29. The zero-order valence-corrected chi connectivity index (χ0v) is 12.3. The Bertz CT molecular complexity index is 404. The third kappa shape index (κ3) is 4.31. The highest BCUT2D eigenvalue weighted by molar-refractivity contribution is 5.17. The van der Waals surface area contributed by atoms with Crippen LogP contribution in [0.4, 0.5) is 4.39 Å². The van der Waals surface area contributed by atoms with Crippen LogP contribution in [-0.2, 0) is 6.42 Å². The number of rotatable bonds is 4. The van der Waals surface area contributed by atoms with Crippen molar-refractivity contribution in [1.82, 2.24) is 5.32 Å². The van der Waals surface area contributed by atoms with Crippen molar-refractivity contribution in [1.29, 1.82) is 0 Å². The second kappa shape index (κ2) is 6.51. The molecule has 0 aliphatic heterocycles. The third-order valence-corrected chi connectivity index (χ3v) is 4.36. The van der Waals surface area contributed by atoms with Gasteiger partial charge in [0.2, 0.25) is 0 Å². The molecular weight excluding hydrogens is 237 g/mol. The zero-order chi connectivity index (χ0) is 13.8. The maximum Gasteiger partial charge on any atom is 0.123 e. The average Bonchev–Trinajstić information content (AvgIpc) is 2.33. The Kier molecular flexibility index (Phi) is 4.98. The Labute approximate surface area is 116 Å². The summed E-state index contributed by atoms with van der Waals surface area (Å²) in [6.07, 6.45) is 4.82. The van der Waals surface area contributed by atoms with Crippen molar-refractivity contribution >= 4 is 0 Å². The summed E-state index contributed by atoms with van der Waals surface area (Å²) in [6.45, 7) is 6.90. The summed E-state index contributed by atoms with van der Waals surface area (Å²) in [5, 5.41) is 3.73.